The molecule has 0 saturated carbocycles. The highest BCUT2D eigenvalue weighted by Crippen LogP contribution is 2.24. The number of carbonyl (C=O) groups is 2. The molecule has 3 nitrogen and oxygen atoms in total. The number of phenolic OH excluding ortho intramolecular Hbond substituents is 1. The number of halogens is 1. The van der Waals surface area contributed by atoms with Gasteiger partial charge in [-0.3, -0.25) is 9.59 Å². The summed E-state index contributed by atoms with van der Waals surface area (Å²) < 4.78 is 0. The quantitative estimate of drug-likeness (QED) is 0.648. The summed E-state index contributed by atoms with van der Waals surface area (Å²) >= 11 is 5.69. The molecular weight excluding hydrogens is 228 g/mol. The zero-order chi connectivity index (χ0) is 12.1. The molecule has 0 aliphatic heterocycles. The van der Waals surface area contributed by atoms with Crippen molar-refractivity contribution < 1.29 is 14.7 Å². The molecule has 0 saturated heterocycles. The molecule has 1 rings (SSSR count). The third-order valence-electron chi connectivity index (χ3n) is 1.86. The van der Waals surface area contributed by atoms with Crippen molar-refractivity contribution in [2.45, 2.75) is 13.3 Å². The number of rotatable bonds is 4. The molecule has 4 heteroatoms. The lowest BCUT2D eigenvalue weighted by Gasteiger charge is -1.97. The third-order valence-corrected chi connectivity index (χ3v) is 2.16. The largest absolute Gasteiger partial charge is 0.506 e. The lowest BCUT2D eigenvalue weighted by Crippen LogP contribution is -1.99. The second-order valence-corrected chi connectivity index (χ2v) is 3.80. The van der Waals surface area contributed by atoms with Crippen molar-refractivity contribution in [3.63, 3.8) is 0 Å². The van der Waals surface area contributed by atoms with Crippen LogP contribution in [0.3, 0.4) is 0 Å². The van der Waals surface area contributed by atoms with Gasteiger partial charge in [-0.1, -0.05) is 23.7 Å². The zero-order valence-electron chi connectivity index (χ0n) is 8.74. The molecule has 1 aromatic rings. The number of allylic oxidation sites excluding steroid dienone is 1. The fourth-order valence-electron chi connectivity index (χ4n) is 1.12. The molecular formula is C12H11ClO3. The van der Waals surface area contributed by atoms with Gasteiger partial charge >= 0.3 is 0 Å². The van der Waals surface area contributed by atoms with E-state index in [0.29, 0.717) is 5.56 Å². The summed E-state index contributed by atoms with van der Waals surface area (Å²) in [4.78, 5) is 21.8. The van der Waals surface area contributed by atoms with Crippen LogP contribution in [-0.4, -0.2) is 16.7 Å². The molecule has 0 spiro atoms. The number of ketones is 2. The molecule has 0 aromatic heterocycles. The van der Waals surface area contributed by atoms with Crippen LogP contribution in [0.4, 0.5) is 0 Å². The topological polar surface area (TPSA) is 54.4 Å². The van der Waals surface area contributed by atoms with Crippen molar-refractivity contribution in [3.8, 4) is 5.75 Å². The van der Waals surface area contributed by atoms with Gasteiger partial charge in [0.15, 0.2) is 5.78 Å². The Morgan fingerprint density at radius 2 is 2.12 bits per heavy atom. The molecule has 0 unspecified atom stereocenters. The number of aromatic hydroxyl groups is 1. The number of benzene rings is 1. The maximum Gasteiger partial charge on any atom is 0.163 e. The molecule has 0 atom stereocenters. The van der Waals surface area contributed by atoms with E-state index in [0.717, 1.165) is 0 Å². The van der Waals surface area contributed by atoms with Crippen molar-refractivity contribution in [1.82, 2.24) is 0 Å². The second kappa shape index (κ2) is 5.47. The maximum absolute atomic E-state index is 11.2. The van der Waals surface area contributed by atoms with E-state index in [2.05, 4.69) is 0 Å². The number of Topliss-reactive ketones (excluding diaryl/α,β-unsaturated/α-hetero) is 1. The maximum atomic E-state index is 11.2. The van der Waals surface area contributed by atoms with Crippen LogP contribution < -0.4 is 0 Å². The van der Waals surface area contributed by atoms with E-state index in [1.807, 2.05) is 0 Å². The summed E-state index contributed by atoms with van der Waals surface area (Å²) in [6.45, 7) is 1.36. The van der Waals surface area contributed by atoms with E-state index in [9.17, 15) is 14.7 Å². The minimum absolute atomic E-state index is 0.00567. The van der Waals surface area contributed by atoms with E-state index in [4.69, 9.17) is 11.6 Å². The van der Waals surface area contributed by atoms with Gasteiger partial charge in [-0.15, -0.1) is 0 Å². The zero-order valence-corrected chi connectivity index (χ0v) is 9.49. The van der Waals surface area contributed by atoms with E-state index in [-0.39, 0.29) is 28.8 Å². The van der Waals surface area contributed by atoms with Gasteiger partial charge in [0.05, 0.1) is 11.4 Å². The van der Waals surface area contributed by atoms with Gasteiger partial charge in [0.25, 0.3) is 0 Å². The first-order valence-electron chi connectivity index (χ1n) is 4.68. The monoisotopic (exact) mass is 238 g/mol. The summed E-state index contributed by atoms with van der Waals surface area (Å²) in [5.74, 6) is -0.427. The molecule has 16 heavy (non-hydrogen) atoms. The Labute approximate surface area is 98.4 Å². The van der Waals surface area contributed by atoms with Crippen molar-refractivity contribution >= 4 is 29.2 Å². The van der Waals surface area contributed by atoms with Gasteiger partial charge in [-0.25, -0.2) is 0 Å². The molecule has 0 amide bonds. The van der Waals surface area contributed by atoms with E-state index in [1.54, 1.807) is 12.1 Å². The molecule has 84 valence electrons. The molecule has 1 N–H and O–H groups in total. The minimum atomic E-state index is -0.253. The highest BCUT2D eigenvalue weighted by atomic mass is 35.5. The molecule has 0 radical (unpaired) electrons. The Kier molecular flexibility index (Phi) is 4.26. The Morgan fingerprint density at radius 3 is 2.69 bits per heavy atom. The fourth-order valence-corrected chi connectivity index (χ4v) is 1.31. The average Bonchev–Trinajstić information content (AvgIpc) is 2.19. The summed E-state index contributed by atoms with van der Waals surface area (Å²) in [5.41, 5.74) is 0.694. The van der Waals surface area contributed by atoms with Gasteiger partial charge in [0.2, 0.25) is 0 Å². The third kappa shape index (κ3) is 3.87. The molecule has 1 aromatic carbocycles. The highest BCUT2D eigenvalue weighted by Gasteiger charge is 2.01. The fraction of sp³-hybridized carbons (Fsp3) is 0.167. The van der Waals surface area contributed by atoms with Crippen molar-refractivity contribution in [3.05, 3.63) is 34.9 Å². The van der Waals surface area contributed by atoms with Crippen LogP contribution >= 0.6 is 11.6 Å². The summed E-state index contributed by atoms with van der Waals surface area (Å²) in [5, 5.41) is 9.40. The minimum Gasteiger partial charge on any atom is -0.506 e. The molecule has 0 fully saturated rings. The van der Waals surface area contributed by atoms with Crippen LogP contribution in [0.5, 0.6) is 5.75 Å². The lowest BCUT2D eigenvalue weighted by molar-refractivity contribution is -0.123. The Morgan fingerprint density at radius 1 is 1.44 bits per heavy atom. The summed E-state index contributed by atoms with van der Waals surface area (Å²) in [7, 11) is 0. The van der Waals surface area contributed by atoms with Crippen LogP contribution in [0, 0.1) is 0 Å². The van der Waals surface area contributed by atoms with E-state index < -0.39 is 0 Å². The van der Waals surface area contributed by atoms with Crippen LogP contribution in [0.15, 0.2) is 24.3 Å². The predicted molar refractivity (Wildman–Crippen MR) is 62.5 cm³/mol. The van der Waals surface area contributed by atoms with Gasteiger partial charge in [-0.05, 0) is 30.7 Å². The van der Waals surface area contributed by atoms with Gasteiger partial charge in [0.1, 0.15) is 11.5 Å². The van der Waals surface area contributed by atoms with Crippen LogP contribution in [0.1, 0.15) is 18.9 Å². The summed E-state index contributed by atoms with van der Waals surface area (Å²) in [6, 6.07) is 4.60. The van der Waals surface area contributed by atoms with E-state index in [1.165, 1.54) is 25.1 Å². The Balaban J connectivity index is 2.73. The number of carbonyl (C=O) groups excluding carboxylic acids is 2. The SMILES string of the molecule is CC(=O)CC(=O)C=Cc1ccc(O)c(Cl)c1. The van der Waals surface area contributed by atoms with Gasteiger partial charge < -0.3 is 5.11 Å². The van der Waals surface area contributed by atoms with Crippen molar-refractivity contribution in [2.75, 3.05) is 0 Å². The van der Waals surface area contributed by atoms with Crippen molar-refractivity contribution in [2.24, 2.45) is 0 Å². The van der Waals surface area contributed by atoms with Crippen LogP contribution in [0.25, 0.3) is 6.08 Å². The lowest BCUT2D eigenvalue weighted by atomic mass is 10.1. The number of hydrogen-bond acceptors (Lipinski definition) is 3. The Bertz CT molecular complexity index is 450. The first kappa shape index (κ1) is 12.5. The van der Waals surface area contributed by atoms with E-state index >= 15 is 0 Å². The van der Waals surface area contributed by atoms with Crippen molar-refractivity contribution in [1.29, 1.82) is 0 Å². The van der Waals surface area contributed by atoms with Gasteiger partial charge in [0, 0.05) is 0 Å². The van der Waals surface area contributed by atoms with Gasteiger partial charge in [-0.2, -0.15) is 0 Å². The molecule has 0 bridgehead atoms. The number of phenols is 1. The molecule has 0 aliphatic carbocycles. The van der Waals surface area contributed by atoms with Crippen LogP contribution in [-0.2, 0) is 9.59 Å². The standard InChI is InChI=1S/C12H11ClO3/c1-8(14)6-10(15)4-2-9-3-5-12(16)11(13)7-9/h2-5,7,16H,6H2,1H3. The molecule has 0 heterocycles. The first-order valence-corrected chi connectivity index (χ1v) is 5.05. The Hall–Kier alpha value is -1.61. The average molecular weight is 239 g/mol. The van der Waals surface area contributed by atoms with Crippen LogP contribution in [0.2, 0.25) is 5.02 Å². The smallest absolute Gasteiger partial charge is 0.163 e. The summed E-state index contributed by atoms with van der Waals surface area (Å²) in [6.07, 6.45) is 2.78. The first-order chi connectivity index (χ1) is 7.49. The highest BCUT2D eigenvalue weighted by molar-refractivity contribution is 6.32. The molecule has 0 aliphatic rings. The number of hydrogen-bond donors (Lipinski definition) is 1. The normalized spacial score (nSPS) is 10.6. The predicted octanol–water partition coefficient (Wildman–Crippen LogP) is 2.61. The second-order valence-electron chi connectivity index (χ2n) is 3.39.